The zero-order valence-electron chi connectivity index (χ0n) is 15.5. The third kappa shape index (κ3) is 6.26. The van der Waals surface area contributed by atoms with Gasteiger partial charge in [-0.3, -0.25) is 0 Å². The van der Waals surface area contributed by atoms with Crippen LogP contribution in [0.2, 0.25) is 0 Å². The lowest BCUT2D eigenvalue weighted by Crippen LogP contribution is -2.32. The van der Waals surface area contributed by atoms with Gasteiger partial charge in [0, 0.05) is 11.0 Å². The van der Waals surface area contributed by atoms with Crippen LogP contribution in [0.1, 0.15) is 31.9 Å². The van der Waals surface area contributed by atoms with Gasteiger partial charge in [0.25, 0.3) is 0 Å². The van der Waals surface area contributed by atoms with Crippen LogP contribution in [0, 0.1) is 0 Å². The van der Waals surface area contributed by atoms with Crippen molar-refractivity contribution < 1.29 is 19.0 Å². The lowest BCUT2D eigenvalue weighted by Gasteiger charge is -2.20. The molecule has 2 aromatic rings. The number of halogens is 1. The molecule has 1 N–H and O–H groups in total. The molecule has 0 aliphatic rings. The van der Waals surface area contributed by atoms with Gasteiger partial charge in [0.15, 0.2) is 11.5 Å². The fraction of sp³-hybridized carbons (Fsp3) is 0.350. The van der Waals surface area contributed by atoms with Crippen LogP contribution in [-0.4, -0.2) is 18.8 Å². The van der Waals surface area contributed by atoms with E-state index in [1.807, 2.05) is 63.2 Å². The Kier molecular flexibility index (Phi) is 6.91. The van der Waals surface area contributed by atoms with Gasteiger partial charge in [-0.1, -0.05) is 46.3 Å². The fourth-order valence-electron chi connectivity index (χ4n) is 2.20. The molecule has 0 heterocycles. The Balaban J connectivity index is 2.08. The Morgan fingerprint density at radius 2 is 1.81 bits per heavy atom. The van der Waals surface area contributed by atoms with Crippen LogP contribution in [0.15, 0.2) is 46.9 Å². The quantitative estimate of drug-likeness (QED) is 0.707. The number of alkyl carbamates (subject to hydrolysis) is 1. The van der Waals surface area contributed by atoms with Crippen molar-refractivity contribution in [2.24, 2.45) is 0 Å². The van der Waals surface area contributed by atoms with Gasteiger partial charge < -0.3 is 19.5 Å². The van der Waals surface area contributed by atoms with E-state index in [9.17, 15) is 4.79 Å². The van der Waals surface area contributed by atoms with Crippen molar-refractivity contribution >= 4 is 22.0 Å². The summed E-state index contributed by atoms with van der Waals surface area (Å²) < 4.78 is 17.4. The monoisotopic (exact) mass is 421 g/mol. The first-order valence-electron chi connectivity index (χ1n) is 8.28. The predicted octanol–water partition coefficient (Wildman–Crippen LogP) is 5.06. The van der Waals surface area contributed by atoms with E-state index >= 15 is 0 Å². The second-order valence-corrected chi connectivity index (χ2v) is 7.58. The molecule has 2 rings (SSSR count). The van der Waals surface area contributed by atoms with Crippen molar-refractivity contribution in [2.75, 3.05) is 7.11 Å². The van der Waals surface area contributed by atoms with Crippen LogP contribution in [0.5, 0.6) is 11.5 Å². The summed E-state index contributed by atoms with van der Waals surface area (Å²) in [6.45, 7) is 6.21. The summed E-state index contributed by atoms with van der Waals surface area (Å²) in [6.07, 6.45) is -0.466. The smallest absolute Gasteiger partial charge is 0.407 e. The van der Waals surface area contributed by atoms with Crippen molar-refractivity contribution in [2.45, 2.75) is 39.5 Å². The van der Waals surface area contributed by atoms with Crippen LogP contribution in [0.25, 0.3) is 0 Å². The summed E-state index contributed by atoms with van der Waals surface area (Å²) >= 11 is 3.50. The Hall–Kier alpha value is -2.21. The van der Waals surface area contributed by atoms with Crippen molar-refractivity contribution in [1.29, 1.82) is 0 Å². The largest absolute Gasteiger partial charge is 0.493 e. The van der Waals surface area contributed by atoms with E-state index in [1.54, 1.807) is 7.11 Å². The fourth-order valence-corrected chi connectivity index (χ4v) is 2.66. The molecule has 0 saturated carbocycles. The maximum absolute atomic E-state index is 11.9. The van der Waals surface area contributed by atoms with Gasteiger partial charge in [-0.05, 0) is 44.0 Å². The Labute approximate surface area is 162 Å². The summed E-state index contributed by atoms with van der Waals surface area (Å²) in [5, 5.41) is 2.75. The van der Waals surface area contributed by atoms with E-state index in [4.69, 9.17) is 14.2 Å². The molecule has 140 valence electrons. The number of ether oxygens (including phenoxy) is 3. The van der Waals surface area contributed by atoms with Gasteiger partial charge >= 0.3 is 6.09 Å². The molecule has 0 aliphatic carbocycles. The third-order valence-corrected chi connectivity index (χ3v) is 4.13. The molecule has 0 aromatic heterocycles. The Morgan fingerprint density at radius 1 is 1.12 bits per heavy atom. The molecule has 1 amide bonds. The molecular formula is C20H24BrNO4. The topological polar surface area (TPSA) is 56.8 Å². The summed E-state index contributed by atoms with van der Waals surface area (Å²) in [7, 11) is 1.59. The number of hydrogen-bond donors (Lipinski definition) is 1. The van der Waals surface area contributed by atoms with E-state index in [0.717, 1.165) is 15.6 Å². The van der Waals surface area contributed by atoms with Crippen molar-refractivity contribution in [3.8, 4) is 11.5 Å². The van der Waals surface area contributed by atoms with E-state index in [1.165, 1.54) is 0 Å². The number of carbonyl (C=O) groups is 1. The van der Waals surface area contributed by atoms with Crippen LogP contribution in [0.4, 0.5) is 4.79 Å². The van der Waals surface area contributed by atoms with Crippen molar-refractivity contribution in [3.05, 3.63) is 58.1 Å². The minimum Gasteiger partial charge on any atom is -0.493 e. The average Bonchev–Trinajstić information content (AvgIpc) is 2.58. The molecule has 0 bridgehead atoms. The SMILES string of the molecule is COc1cc(Br)c(CNC(=O)OC(C)(C)C)cc1OCc1ccccc1. The summed E-state index contributed by atoms with van der Waals surface area (Å²) in [5.74, 6) is 1.23. The molecule has 26 heavy (non-hydrogen) atoms. The molecule has 0 radical (unpaired) electrons. The number of hydrogen-bond acceptors (Lipinski definition) is 4. The van der Waals surface area contributed by atoms with Crippen LogP contribution in [-0.2, 0) is 17.9 Å². The summed E-state index contributed by atoms with van der Waals surface area (Å²) in [4.78, 5) is 11.9. The van der Waals surface area contributed by atoms with Gasteiger partial charge in [-0.15, -0.1) is 0 Å². The van der Waals surface area contributed by atoms with E-state index in [2.05, 4.69) is 21.2 Å². The standard InChI is InChI=1S/C20H24BrNO4/c1-20(2,3)26-19(23)22-12-15-10-18(17(24-4)11-16(15)21)25-13-14-8-6-5-7-9-14/h5-11H,12-13H2,1-4H3,(H,22,23). The molecule has 5 nitrogen and oxygen atoms in total. The Morgan fingerprint density at radius 3 is 2.42 bits per heavy atom. The molecule has 2 aromatic carbocycles. The second kappa shape index (κ2) is 8.94. The summed E-state index contributed by atoms with van der Waals surface area (Å²) in [5.41, 5.74) is 1.39. The van der Waals surface area contributed by atoms with Gasteiger partial charge in [0.2, 0.25) is 0 Å². The van der Waals surface area contributed by atoms with Gasteiger partial charge in [0.1, 0.15) is 12.2 Å². The van der Waals surface area contributed by atoms with Gasteiger partial charge in [-0.25, -0.2) is 4.79 Å². The molecular weight excluding hydrogens is 398 g/mol. The van der Waals surface area contributed by atoms with Crippen LogP contribution < -0.4 is 14.8 Å². The molecule has 0 aliphatic heterocycles. The Bertz CT molecular complexity index is 741. The highest BCUT2D eigenvalue weighted by Gasteiger charge is 2.17. The first-order valence-corrected chi connectivity index (χ1v) is 9.08. The maximum Gasteiger partial charge on any atom is 0.407 e. The number of methoxy groups -OCH3 is 1. The molecule has 0 atom stereocenters. The van der Waals surface area contributed by atoms with Crippen molar-refractivity contribution in [3.63, 3.8) is 0 Å². The minimum absolute atomic E-state index is 0.307. The minimum atomic E-state index is -0.537. The molecule has 0 unspecified atom stereocenters. The zero-order valence-corrected chi connectivity index (χ0v) is 17.1. The number of nitrogens with one attached hydrogen (secondary N) is 1. The predicted molar refractivity (Wildman–Crippen MR) is 105 cm³/mol. The molecule has 0 spiro atoms. The van der Waals surface area contributed by atoms with Gasteiger partial charge in [0.05, 0.1) is 7.11 Å². The molecule has 6 heteroatoms. The van der Waals surface area contributed by atoms with Crippen LogP contribution >= 0.6 is 15.9 Å². The lowest BCUT2D eigenvalue weighted by atomic mass is 10.2. The average molecular weight is 422 g/mol. The first-order chi connectivity index (χ1) is 12.3. The number of benzene rings is 2. The lowest BCUT2D eigenvalue weighted by molar-refractivity contribution is 0.0523. The van der Waals surface area contributed by atoms with E-state index < -0.39 is 11.7 Å². The van der Waals surface area contributed by atoms with Crippen LogP contribution in [0.3, 0.4) is 0 Å². The zero-order chi connectivity index (χ0) is 19.2. The number of carbonyl (C=O) groups excluding carboxylic acids is 1. The highest BCUT2D eigenvalue weighted by atomic mass is 79.9. The van der Waals surface area contributed by atoms with E-state index in [0.29, 0.717) is 24.7 Å². The maximum atomic E-state index is 11.9. The highest BCUT2D eigenvalue weighted by molar-refractivity contribution is 9.10. The highest BCUT2D eigenvalue weighted by Crippen LogP contribution is 2.34. The third-order valence-electron chi connectivity index (χ3n) is 3.39. The van der Waals surface area contributed by atoms with Crippen molar-refractivity contribution in [1.82, 2.24) is 5.32 Å². The first kappa shape index (κ1) is 20.1. The normalized spacial score (nSPS) is 11.0. The summed E-state index contributed by atoms with van der Waals surface area (Å²) in [6, 6.07) is 13.6. The number of rotatable bonds is 6. The second-order valence-electron chi connectivity index (χ2n) is 6.72. The molecule has 0 saturated heterocycles. The number of amides is 1. The van der Waals surface area contributed by atoms with Gasteiger partial charge in [-0.2, -0.15) is 0 Å². The molecule has 0 fully saturated rings. The van der Waals surface area contributed by atoms with E-state index in [-0.39, 0.29) is 0 Å².